The van der Waals surface area contributed by atoms with Crippen LogP contribution in [0.15, 0.2) is 17.2 Å². The normalized spacial score (nSPS) is 18.8. The quantitative estimate of drug-likeness (QED) is 0.779. The van der Waals surface area contributed by atoms with E-state index in [9.17, 15) is 18.0 Å². The van der Waals surface area contributed by atoms with E-state index in [4.69, 9.17) is 0 Å². The summed E-state index contributed by atoms with van der Waals surface area (Å²) in [6.45, 7) is 3.12. The minimum absolute atomic E-state index is 0.267. The number of piperidine rings is 1. The van der Waals surface area contributed by atoms with Crippen molar-refractivity contribution in [1.82, 2.24) is 24.2 Å². The molecule has 0 atom stereocenters. The molecule has 4 rings (SSSR count). The minimum Gasteiger partial charge on any atom is -0.299 e. The maximum absolute atomic E-state index is 12.7. The van der Waals surface area contributed by atoms with Crippen molar-refractivity contribution < 1.29 is 13.2 Å². The number of alkyl halides is 3. The second-order valence-electron chi connectivity index (χ2n) is 8.18. The molecule has 29 heavy (non-hydrogen) atoms. The van der Waals surface area contributed by atoms with Gasteiger partial charge < -0.3 is 0 Å². The molecule has 2 aromatic rings. The molecule has 0 N–H and O–H groups in total. The maximum atomic E-state index is 12.7. The lowest BCUT2D eigenvalue weighted by Gasteiger charge is -2.32. The van der Waals surface area contributed by atoms with Gasteiger partial charge in [-0.2, -0.15) is 18.3 Å². The number of fused-ring (bicyclic) bond motifs is 1. The first-order chi connectivity index (χ1) is 13.8. The second kappa shape index (κ2) is 7.93. The number of hydrogen-bond acceptors (Lipinski definition) is 4. The van der Waals surface area contributed by atoms with Crippen molar-refractivity contribution in [2.45, 2.75) is 57.8 Å². The van der Waals surface area contributed by atoms with Crippen LogP contribution in [0.4, 0.5) is 13.2 Å². The summed E-state index contributed by atoms with van der Waals surface area (Å²) in [6, 6.07) is 0.584. The highest BCUT2D eigenvalue weighted by molar-refractivity contribution is 5.28. The third-order valence-electron chi connectivity index (χ3n) is 6.15. The molecule has 9 heteroatoms. The van der Waals surface area contributed by atoms with Gasteiger partial charge in [-0.3, -0.25) is 18.9 Å². The van der Waals surface area contributed by atoms with E-state index in [1.807, 2.05) is 11.7 Å². The summed E-state index contributed by atoms with van der Waals surface area (Å²) in [7, 11) is 2.02. The first kappa shape index (κ1) is 20.1. The van der Waals surface area contributed by atoms with Gasteiger partial charge in [-0.05, 0) is 63.1 Å². The van der Waals surface area contributed by atoms with E-state index in [1.165, 1.54) is 34.4 Å². The number of aryl methyl sites for hydroxylation is 2. The summed E-state index contributed by atoms with van der Waals surface area (Å²) in [5.74, 6) is 0.267. The van der Waals surface area contributed by atoms with Crippen molar-refractivity contribution in [2.75, 3.05) is 13.1 Å². The molecule has 2 aromatic heterocycles. The van der Waals surface area contributed by atoms with Gasteiger partial charge in [-0.25, -0.2) is 4.98 Å². The molecule has 1 saturated heterocycles. The van der Waals surface area contributed by atoms with Gasteiger partial charge in [0.15, 0.2) is 5.69 Å². The Morgan fingerprint density at radius 3 is 2.59 bits per heavy atom. The van der Waals surface area contributed by atoms with Crippen LogP contribution in [0.25, 0.3) is 0 Å². The first-order valence-electron chi connectivity index (χ1n) is 10.2. The summed E-state index contributed by atoms with van der Waals surface area (Å²) in [5.41, 5.74) is 2.20. The second-order valence-corrected chi connectivity index (χ2v) is 8.18. The number of aromatic nitrogens is 4. The zero-order valence-electron chi connectivity index (χ0n) is 16.6. The predicted molar refractivity (Wildman–Crippen MR) is 101 cm³/mol. The zero-order valence-corrected chi connectivity index (χ0v) is 16.6. The molecule has 0 spiro atoms. The molecule has 158 valence electrons. The molecular weight excluding hydrogens is 383 g/mol. The van der Waals surface area contributed by atoms with Crippen LogP contribution in [0, 0.1) is 5.92 Å². The monoisotopic (exact) mass is 409 g/mol. The van der Waals surface area contributed by atoms with Crippen LogP contribution in [-0.2, 0) is 39.2 Å². The van der Waals surface area contributed by atoms with Crippen molar-refractivity contribution in [3.05, 3.63) is 45.4 Å². The summed E-state index contributed by atoms with van der Waals surface area (Å²) in [4.78, 5) is 17.8. The van der Waals surface area contributed by atoms with Gasteiger partial charge in [-0.1, -0.05) is 0 Å². The van der Waals surface area contributed by atoms with E-state index in [-0.39, 0.29) is 5.92 Å². The number of hydrogen-bond donors (Lipinski definition) is 0. The molecule has 1 fully saturated rings. The van der Waals surface area contributed by atoms with E-state index >= 15 is 0 Å². The highest BCUT2D eigenvalue weighted by Crippen LogP contribution is 2.27. The standard InChI is InChI=1S/C20H26F3N5O/c1-26-17(15-4-2-3-5-16(15)25-26)12-27-8-6-14(7-9-27)11-28-13-24-18(10-19(28)29)20(21,22)23/h10,13-14H,2-9,11-12H2,1H3. The molecule has 0 unspecified atom stereocenters. The lowest BCUT2D eigenvalue weighted by atomic mass is 9.94. The van der Waals surface area contributed by atoms with E-state index in [1.54, 1.807) is 0 Å². The largest absolute Gasteiger partial charge is 0.433 e. The number of halogens is 3. The molecule has 1 aliphatic carbocycles. The molecule has 0 amide bonds. The van der Waals surface area contributed by atoms with Crippen LogP contribution in [0.3, 0.4) is 0 Å². The Morgan fingerprint density at radius 1 is 1.17 bits per heavy atom. The van der Waals surface area contributed by atoms with E-state index in [0.717, 1.165) is 51.6 Å². The van der Waals surface area contributed by atoms with E-state index in [0.29, 0.717) is 12.6 Å². The molecule has 6 nitrogen and oxygen atoms in total. The molecule has 0 bridgehead atoms. The molecule has 2 aliphatic rings. The number of nitrogens with zero attached hydrogens (tertiary/aromatic N) is 5. The number of rotatable bonds is 4. The predicted octanol–water partition coefficient (Wildman–Crippen LogP) is 2.79. The van der Waals surface area contributed by atoms with E-state index < -0.39 is 17.4 Å². The third kappa shape index (κ3) is 4.39. The van der Waals surface area contributed by atoms with Crippen molar-refractivity contribution in [2.24, 2.45) is 13.0 Å². The van der Waals surface area contributed by atoms with Gasteiger partial charge in [0.1, 0.15) is 0 Å². The fourth-order valence-electron chi connectivity index (χ4n) is 4.48. The average Bonchev–Trinajstić information content (AvgIpc) is 2.99. The van der Waals surface area contributed by atoms with Gasteiger partial charge in [0.2, 0.25) is 0 Å². The van der Waals surface area contributed by atoms with Crippen molar-refractivity contribution >= 4 is 0 Å². The van der Waals surface area contributed by atoms with Crippen LogP contribution in [0.1, 0.15) is 48.3 Å². The average molecular weight is 409 g/mol. The van der Waals surface area contributed by atoms with Crippen molar-refractivity contribution in [1.29, 1.82) is 0 Å². The minimum atomic E-state index is -4.59. The molecule has 1 aliphatic heterocycles. The lowest BCUT2D eigenvalue weighted by Crippen LogP contribution is -2.36. The number of likely N-dealkylation sites (tertiary alicyclic amines) is 1. The highest BCUT2D eigenvalue weighted by Gasteiger charge is 2.33. The van der Waals surface area contributed by atoms with Gasteiger partial charge in [0.05, 0.1) is 17.7 Å². The van der Waals surface area contributed by atoms with Gasteiger partial charge in [0, 0.05) is 26.2 Å². The molecule has 0 saturated carbocycles. The molecular formula is C20H26F3N5O. The van der Waals surface area contributed by atoms with Crippen molar-refractivity contribution in [3.8, 4) is 0 Å². The summed E-state index contributed by atoms with van der Waals surface area (Å²) >= 11 is 0. The fraction of sp³-hybridized carbons (Fsp3) is 0.650. The van der Waals surface area contributed by atoms with Crippen LogP contribution in [0.2, 0.25) is 0 Å². The molecule has 3 heterocycles. The Bertz CT molecular complexity index is 925. The van der Waals surface area contributed by atoms with Gasteiger partial charge >= 0.3 is 6.18 Å². The van der Waals surface area contributed by atoms with Crippen LogP contribution in [-0.4, -0.2) is 37.3 Å². The molecule has 0 aromatic carbocycles. The fourth-order valence-corrected chi connectivity index (χ4v) is 4.48. The van der Waals surface area contributed by atoms with Gasteiger partial charge in [0.25, 0.3) is 5.56 Å². The SMILES string of the molecule is Cn1nc2c(c1CN1CCC(Cn3cnc(C(F)(F)F)cc3=O)CC1)CCCC2. The third-order valence-corrected chi connectivity index (χ3v) is 6.15. The van der Waals surface area contributed by atoms with Crippen LogP contribution in [0.5, 0.6) is 0 Å². The Hall–Kier alpha value is -2.16. The Kier molecular flexibility index (Phi) is 5.50. The Labute approximate surface area is 167 Å². The summed E-state index contributed by atoms with van der Waals surface area (Å²) < 4.78 is 41.3. The first-order valence-corrected chi connectivity index (χ1v) is 10.2. The summed E-state index contributed by atoms with van der Waals surface area (Å²) in [5, 5.41) is 4.69. The maximum Gasteiger partial charge on any atom is 0.433 e. The zero-order chi connectivity index (χ0) is 20.6. The Balaban J connectivity index is 1.35. The smallest absolute Gasteiger partial charge is 0.299 e. The topological polar surface area (TPSA) is 56.0 Å². The highest BCUT2D eigenvalue weighted by atomic mass is 19.4. The summed E-state index contributed by atoms with van der Waals surface area (Å²) in [6.07, 6.45) is 2.88. The Morgan fingerprint density at radius 2 is 1.90 bits per heavy atom. The van der Waals surface area contributed by atoms with Crippen LogP contribution < -0.4 is 5.56 Å². The van der Waals surface area contributed by atoms with E-state index in [2.05, 4.69) is 15.0 Å². The van der Waals surface area contributed by atoms with Gasteiger partial charge in [-0.15, -0.1) is 0 Å². The molecule has 0 radical (unpaired) electrons. The van der Waals surface area contributed by atoms with Crippen molar-refractivity contribution in [3.63, 3.8) is 0 Å². The lowest BCUT2D eigenvalue weighted by molar-refractivity contribution is -0.141. The van der Waals surface area contributed by atoms with Crippen LogP contribution >= 0.6 is 0 Å².